The third kappa shape index (κ3) is 4.48. The first-order valence-electron chi connectivity index (χ1n) is 9.43. The van der Waals surface area contributed by atoms with Gasteiger partial charge >= 0.3 is 5.91 Å². The molecule has 1 amide bonds. The predicted molar refractivity (Wildman–Crippen MR) is 125 cm³/mol. The molecule has 10 nitrogen and oxygen atoms in total. The Labute approximate surface area is 194 Å². The molecule has 2 N–H and O–H groups in total. The lowest BCUT2D eigenvalue weighted by atomic mass is 10.2. The Kier molecular flexibility index (Phi) is 5.96. The maximum Gasteiger partial charge on any atom is 0.307 e. The number of rotatable bonds is 5. The fourth-order valence-electron chi connectivity index (χ4n) is 3.08. The van der Waals surface area contributed by atoms with E-state index >= 15 is 0 Å². The summed E-state index contributed by atoms with van der Waals surface area (Å²) < 4.78 is 1.96. The maximum absolute atomic E-state index is 13.2. The summed E-state index contributed by atoms with van der Waals surface area (Å²) in [5.74, 6) is -1.25. The molecule has 4 rings (SSSR count). The molecule has 1 aromatic heterocycles. The molecule has 33 heavy (non-hydrogen) atoms. The van der Waals surface area contributed by atoms with Gasteiger partial charge in [0.2, 0.25) is 5.82 Å². The Morgan fingerprint density at radius 1 is 1.15 bits per heavy atom. The van der Waals surface area contributed by atoms with Crippen molar-refractivity contribution >= 4 is 44.6 Å². The minimum atomic E-state index is -0.790. The molecular formula is C22H14BrN5O5. The third-order valence-corrected chi connectivity index (χ3v) is 5.18. The lowest BCUT2D eigenvalue weighted by Crippen LogP contribution is -2.31. The number of phenols is 1. The molecular weight excluding hydrogens is 494 g/mol. The van der Waals surface area contributed by atoms with Crippen LogP contribution < -0.4 is 11.0 Å². The summed E-state index contributed by atoms with van der Waals surface area (Å²) in [6.45, 7) is 0. The summed E-state index contributed by atoms with van der Waals surface area (Å²) in [5, 5.41) is 24.9. The number of hydrogen-bond acceptors (Lipinski definition) is 7. The first-order valence-corrected chi connectivity index (χ1v) is 10.2. The van der Waals surface area contributed by atoms with Crippen molar-refractivity contribution < 1.29 is 14.8 Å². The summed E-state index contributed by atoms with van der Waals surface area (Å²) in [6.07, 6.45) is 1.06. The van der Waals surface area contributed by atoms with Gasteiger partial charge in [-0.25, -0.2) is 10.4 Å². The van der Waals surface area contributed by atoms with Crippen LogP contribution in [0.5, 0.6) is 5.75 Å². The number of aromatic hydroxyl groups is 1. The van der Waals surface area contributed by atoms with Gasteiger partial charge in [0.15, 0.2) is 0 Å². The number of para-hydroxylation sites is 1. The van der Waals surface area contributed by atoms with Crippen LogP contribution in [0.15, 0.2) is 81.1 Å². The van der Waals surface area contributed by atoms with Crippen LogP contribution in [0.1, 0.15) is 16.2 Å². The van der Waals surface area contributed by atoms with Crippen LogP contribution >= 0.6 is 15.9 Å². The zero-order chi connectivity index (χ0) is 23.5. The van der Waals surface area contributed by atoms with Crippen molar-refractivity contribution in [3.05, 3.63) is 103 Å². The van der Waals surface area contributed by atoms with E-state index in [1.54, 1.807) is 48.5 Å². The van der Waals surface area contributed by atoms with E-state index in [9.17, 15) is 24.8 Å². The van der Waals surface area contributed by atoms with Gasteiger partial charge in [-0.2, -0.15) is 5.10 Å². The second-order valence-corrected chi connectivity index (χ2v) is 7.68. The molecule has 3 aromatic carbocycles. The lowest BCUT2D eigenvalue weighted by Gasteiger charge is -2.12. The van der Waals surface area contributed by atoms with Crippen molar-refractivity contribution in [1.29, 1.82) is 0 Å². The topological polar surface area (TPSA) is 140 Å². The largest absolute Gasteiger partial charge is 0.507 e. The highest BCUT2D eigenvalue weighted by Gasteiger charge is 2.19. The van der Waals surface area contributed by atoms with Gasteiger partial charge in [-0.3, -0.25) is 24.3 Å². The Morgan fingerprint density at radius 2 is 1.88 bits per heavy atom. The number of nitro groups is 1. The van der Waals surface area contributed by atoms with E-state index in [4.69, 9.17) is 0 Å². The quantitative estimate of drug-likeness (QED) is 0.240. The van der Waals surface area contributed by atoms with Crippen LogP contribution in [0, 0.1) is 10.1 Å². The number of carbonyl (C=O) groups is 1. The Balaban J connectivity index is 1.74. The second-order valence-electron chi connectivity index (χ2n) is 6.77. The number of phenolic OH excluding ortho intramolecular Hbond substituents is 1. The number of halogens is 1. The van der Waals surface area contributed by atoms with Crippen molar-refractivity contribution in [2.24, 2.45) is 5.10 Å². The first-order chi connectivity index (χ1) is 15.8. The number of nitrogens with one attached hydrogen (secondary N) is 1. The SMILES string of the molecule is O=C(N/N=C/c1cc([N+](=O)[O-])ccc1O)c1nc2ccccc2c(=O)n1-c1ccc(Br)cc1. The van der Waals surface area contributed by atoms with Crippen LogP contribution in [0.4, 0.5) is 5.69 Å². The zero-order valence-electron chi connectivity index (χ0n) is 16.7. The third-order valence-electron chi connectivity index (χ3n) is 4.66. The minimum Gasteiger partial charge on any atom is -0.507 e. The van der Waals surface area contributed by atoms with E-state index in [0.29, 0.717) is 16.6 Å². The summed E-state index contributed by atoms with van der Waals surface area (Å²) in [6, 6.07) is 16.8. The highest BCUT2D eigenvalue weighted by atomic mass is 79.9. The number of fused-ring (bicyclic) bond motifs is 1. The average molecular weight is 508 g/mol. The monoisotopic (exact) mass is 507 g/mol. The molecule has 1 heterocycles. The van der Waals surface area contributed by atoms with Gasteiger partial charge in [-0.05, 0) is 42.5 Å². The van der Waals surface area contributed by atoms with E-state index in [0.717, 1.165) is 28.9 Å². The van der Waals surface area contributed by atoms with E-state index in [-0.39, 0.29) is 22.8 Å². The fraction of sp³-hybridized carbons (Fsp3) is 0. The second kappa shape index (κ2) is 9.01. The number of aromatic nitrogens is 2. The van der Waals surface area contributed by atoms with Crippen molar-refractivity contribution in [2.45, 2.75) is 0 Å². The average Bonchev–Trinajstić information content (AvgIpc) is 2.81. The van der Waals surface area contributed by atoms with Crippen molar-refractivity contribution in [3.63, 3.8) is 0 Å². The molecule has 0 radical (unpaired) electrons. The van der Waals surface area contributed by atoms with Gasteiger partial charge in [0.25, 0.3) is 11.2 Å². The van der Waals surface area contributed by atoms with Gasteiger partial charge in [0, 0.05) is 22.2 Å². The molecule has 0 atom stereocenters. The standard InChI is InChI=1S/C22H14BrN5O5/c23-14-5-7-15(8-6-14)27-20(25-18-4-2-1-3-17(18)22(27)31)21(30)26-24-12-13-11-16(28(32)33)9-10-19(13)29/h1-12,29H,(H,26,30)/b24-12+. The van der Waals surface area contributed by atoms with Crippen LogP contribution in [0.3, 0.4) is 0 Å². The molecule has 0 aliphatic carbocycles. The molecule has 0 spiro atoms. The van der Waals surface area contributed by atoms with Crippen LogP contribution in [0.2, 0.25) is 0 Å². The van der Waals surface area contributed by atoms with Crippen LogP contribution in [-0.2, 0) is 0 Å². The Hall–Kier alpha value is -4.38. The number of nitro benzene ring substituents is 1. The number of hydrazone groups is 1. The van der Waals surface area contributed by atoms with E-state index in [1.807, 2.05) is 0 Å². The highest BCUT2D eigenvalue weighted by Crippen LogP contribution is 2.21. The molecule has 4 aromatic rings. The maximum atomic E-state index is 13.2. The summed E-state index contributed by atoms with van der Waals surface area (Å²) in [4.78, 5) is 40.8. The summed E-state index contributed by atoms with van der Waals surface area (Å²) >= 11 is 3.34. The van der Waals surface area contributed by atoms with Gasteiger partial charge in [-0.1, -0.05) is 28.1 Å². The lowest BCUT2D eigenvalue weighted by molar-refractivity contribution is -0.384. The van der Waals surface area contributed by atoms with Crippen LogP contribution in [0.25, 0.3) is 16.6 Å². The van der Waals surface area contributed by atoms with E-state index in [2.05, 4.69) is 31.4 Å². The van der Waals surface area contributed by atoms with Gasteiger partial charge in [0.05, 0.1) is 27.7 Å². The van der Waals surface area contributed by atoms with Gasteiger partial charge in [0.1, 0.15) is 5.75 Å². The Morgan fingerprint density at radius 3 is 2.61 bits per heavy atom. The van der Waals surface area contributed by atoms with Crippen LogP contribution in [-0.4, -0.2) is 31.7 Å². The molecule has 0 unspecified atom stereocenters. The number of amides is 1. The number of nitrogens with zero attached hydrogens (tertiary/aromatic N) is 4. The van der Waals surface area contributed by atoms with Crippen molar-refractivity contribution in [3.8, 4) is 11.4 Å². The summed E-state index contributed by atoms with van der Waals surface area (Å²) in [5.41, 5.74) is 2.36. The molecule has 0 aliphatic heterocycles. The Bertz CT molecular complexity index is 1480. The van der Waals surface area contributed by atoms with E-state index < -0.39 is 16.4 Å². The summed E-state index contributed by atoms with van der Waals surface area (Å²) in [7, 11) is 0. The number of benzene rings is 3. The van der Waals surface area contributed by atoms with Crippen molar-refractivity contribution in [2.75, 3.05) is 0 Å². The van der Waals surface area contributed by atoms with Gasteiger partial charge in [-0.15, -0.1) is 0 Å². The van der Waals surface area contributed by atoms with Crippen molar-refractivity contribution in [1.82, 2.24) is 15.0 Å². The predicted octanol–water partition coefficient (Wildman–Crippen LogP) is 3.53. The van der Waals surface area contributed by atoms with E-state index in [1.165, 1.54) is 4.57 Å². The molecule has 164 valence electrons. The molecule has 0 saturated heterocycles. The number of non-ortho nitro benzene ring substituents is 1. The molecule has 0 bridgehead atoms. The van der Waals surface area contributed by atoms with Gasteiger partial charge < -0.3 is 5.11 Å². The molecule has 0 saturated carbocycles. The smallest absolute Gasteiger partial charge is 0.307 e. The number of carbonyl (C=O) groups excluding carboxylic acids is 1. The highest BCUT2D eigenvalue weighted by molar-refractivity contribution is 9.10. The molecule has 0 fully saturated rings. The minimum absolute atomic E-state index is 0.0290. The normalized spacial score (nSPS) is 11.1. The molecule has 11 heteroatoms. The molecule has 0 aliphatic rings. The number of hydrogen-bond donors (Lipinski definition) is 2. The fourth-order valence-corrected chi connectivity index (χ4v) is 3.35. The zero-order valence-corrected chi connectivity index (χ0v) is 18.3. The first kappa shape index (κ1) is 21.8.